The summed E-state index contributed by atoms with van der Waals surface area (Å²) in [6.45, 7) is 0. The van der Waals surface area contributed by atoms with Gasteiger partial charge in [-0.05, 0) is 12.8 Å². The van der Waals surface area contributed by atoms with Crippen molar-refractivity contribution in [2.24, 2.45) is 0 Å². The van der Waals surface area contributed by atoms with Crippen molar-refractivity contribution in [2.75, 3.05) is 0 Å². The Morgan fingerprint density at radius 3 is 1.17 bits per heavy atom. The van der Waals surface area contributed by atoms with E-state index in [1.165, 1.54) is 0 Å². The van der Waals surface area contributed by atoms with Gasteiger partial charge in [0.2, 0.25) is 0 Å². The van der Waals surface area contributed by atoms with Crippen molar-refractivity contribution in [3.8, 4) is 0 Å². The second kappa shape index (κ2) is 11.2. The molecule has 0 aromatic rings. The maximum atomic E-state index is 10.1. The van der Waals surface area contributed by atoms with E-state index in [0.717, 1.165) is 19.3 Å². The third-order valence-electron chi connectivity index (χ3n) is 1.78. The molecule has 0 aliphatic heterocycles. The summed E-state index contributed by atoms with van der Waals surface area (Å²) >= 11 is 0. The third kappa shape index (κ3) is 36.3. The summed E-state index contributed by atoms with van der Waals surface area (Å²) in [5.41, 5.74) is 0. The molecule has 0 rings (SSSR count). The second-order valence-electron chi connectivity index (χ2n) is 3.57. The molecule has 5 N–H and O–H groups in total. The van der Waals surface area contributed by atoms with Gasteiger partial charge in [-0.1, -0.05) is 19.3 Å². The molecule has 0 unspecified atom stereocenters. The van der Waals surface area contributed by atoms with E-state index in [9.17, 15) is 9.59 Å². The molecule has 0 aromatic carbocycles. The maximum Gasteiger partial charge on any atom is 0.466 e. The van der Waals surface area contributed by atoms with Crippen LogP contribution in [0, 0.1) is 0 Å². The van der Waals surface area contributed by atoms with Gasteiger partial charge in [0.05, 0.1) is 0 Å². The predicted molar refractivity (Wildman–Crippen MR) is 61.9 cm³/mol. The number of unbranched alkanes of at least 4 members (excludes halogenated alkanes) is 4. The monoisotopic (exact) mass is 286 g/mol. The highest BCUT2D eigenvalue weighted by atomic mass is 31.2. The van der Waals surface area contributed by atoms with Gasteiger partial charge in [0.25, 0.3) is 0 Å². The molecular formula is C9H19O8P. The highest BCUT2D eigenvalue weighted by Gasteiger charge is 2.00. The van der Waals surface area contributed by atoms with E-state index in [-0.39, 0.29) is 12.8 Å². The normalized spacial score (nSPS) is 10.4. The van der Waals surface area contributed by atoms with Crippen molar-refractivity contribution in [3.63, 3.8) is 0 Å². The molecule has 0 bridgehead atoms. The Kier molecular flexibility index (Phi) is 12.0. The van der Waals surface area contributed by atoms with Crippen molar-refractivity contribution in [2.45, 2.75) is 44.9 Å². The molecule has 108 valence electrons. The predicted octanol–water partition coefficient (Wildman–Crippen LogP) is 0.958. The largest absolute Gasteiger partial charge is 0.481 e. The molecule has 0 atom stereocenters. The summed E-state index contributed by atoms with van der Waals surface area (Å²) in [5.74, 6) is -1.52. The minimum absolute atomic E-state index is 0.221. The summed E-state index contributed by atoms with van der Waals surface area (Å²) in [4.78, 5) is 41.8. The number of rotatable bonds is 8. The summed E-state index contributed by atoms with van der Waals surface area (Å²) < 4.78 is 8.88. The number of aliphatic carboxylic acids is 2. The summed E-state index contributed by atoms with van der Waals surface area (Å²) in [5, 5.41) is 16.6. The maximum absolute atomic E-state index is 10.1. The Balaban J connectivity index is 0. The first-order chi connectivity index (χ1) is 8.13. The molecule has 0 aliphatic rings. The molecule has 9 heteroatoms. The average Bonchev–Trinajstić information content (AvgIpc) is 2.12. The minimum Gasteiger partial charge on any atom is -0.481 e. The Hall–Kier alpha value is -0.950. The van der Waals surface area contributed by atoms with Crippen molar-refractivity contribution in [3.05, 3.63) is 0 Å². The fourth-order valence-corrected chi connectivity index (χ4v) is 1.08. The van der Waals surface area contributed by atoms with E-state index in [0.29, 0.717) is 12.8 Å². The van der Waals surface area contributed by atoms with Crippen LogP contribution in [0.1, 0.15) is 44.9 Å². The fourth-order valence-electron chi connectivity index (χ4n) is 1.08. The first-order valence-electron chi connectivity index (χ1n) is 5.35. The van der Waals surface area contributed by atoms with Gasteiger partial charge < -0.3 is 24.9 Å². The molecule has 0 radical (unpaired) electrons. The first-order valence-corrected chi connectivity index (χ1v) is 6.91. The third-order valence-corrected chi connectivity index (χ3v) is 1.78. The lowest BCUT2D eigenvalue weighted by Crippen LogP contribution is -1.95. The number of hydrogen-bond acceptors (Lipinski definition) is 3. The Bertz CT molecular complexity index is 258. The smallest absolute Gasteiger partial charge is 0.466 e. The summed E-state index contributed by atoms with van der Waals surface area (Å²) in [6.07, 6.45) is 4.53. The number of carboxylic acid groups (broad SMARTS) is 2. The fraction of sp³-hybridized carbons (Fsp3) is 0.778. The van der Waals surface area contributed by atoms with Crippen LogP contribution in [0.25, 0.3) is 0 Å². The highest BCUT2D eigenvalue weighted by Crippen LogP contribution is 2.25. The molecule has 0 saturated heterocycles. The second-order valence-corrected chi connectivity index (χ2v) is 4.60. The number of carbonyl (C=O) groups is 2. The summed E-state index contributed by atoms with van der Waals surface area (Å²) in [6, 6.07) is 0. The zero-order valence-electron chi connectivity index (χ0n) is 9.86. The van der Waals surface area contributed by atoms with E-state index in [1.807, 2.05) is 0 Å². The molecule has 18 heavy (non-hydrogen) atoms. The van der Waals surface area contributed by atoms with Crippen LogP contribution in [0.5, 0.6) is 0 Å². The molecule has 0 amide bonds. The van der Waals surface area contributed by atoms with Gasteiger partial charge in [-0.25, -0.2) is 4.57 Å². The quantitative estimate of drug-likeness (QED) is 0.326. The van der Waals surface area contributed by atoms with Crippen LogP contribution in [-0.4, -0.2) is 36.8 Å². The van der Waals surface area contributed by atoms with Crippen LogP contribution in [0.15, 0.2) is 0 Å². The first kappa shape index (κ1) is 19.4. The zero-order valence-corrected chi connectivity index (χ0v) is 10.8. The molecule has 0 saturated carbocycles. The van der Waals surface area contributed by atoms with E-state index in [1.54, 1.807) is 0 Å². The van der Waals surface area contributed by atoms with E-state index in [4.69, 9.17) is 29.5 Å². The minimum atomic E-state index is -4.64. The molecule has 0 aromatic heterocycles. The summed E-state index contributed by atoms with van der Waals surface area (Å²) in [7, 11) is -4.64. The van der Waals surface area contributed by atoms with Crippen molar-refractivity contribution in [1.82, 2.24) is 0 Å². The average molecular weight is 286 g/mol. The van der Waals surface area contributed by atoms with Crippen LogP contribution in [0.2, 0.25) is 0 Å². The van der Waals surface area contributed by atoms with E-state index in [2.05, 4.69) is 0 Å². The Morgan fingerprint density at radius 2 is 0.944 bits per heavy atom. The van der Waals surface area contributed by atoms with Gasteiger partial charge in [0.1, 0.15) is 0 Å². The van der Waals surface area contributed by atoms with Gasteiger partial charge in [-0.15, -0.1) is 0 Å². The highest BCUT2D eigenvalue weighted by molar-refractivity contribution is 7.45. The van der Waals surface area contributed by atoms with Gasteiger partial charge in [0.15, 0.2) is 0 Å². The standard InChI is InChI=1S/C9H16O4.H3O4P/c10-8(11)6-4-2-1-3-5-7-9(12)13;1-5(2,3)4/h1-7H2,(H,10,11)(H,12,13);(H3,1,2,3,4). The molecule has 0 aliphatic carbocycles. The van der Waals surface area contributed by atoms with Crippen molar-refractivity contribution in [1.29, 1.82) is 0 Å². The van der Waals surface area contributed by atoms with Gasteiger partial charge in [-0.2, -0.15) is 0 Å². The van der Waals surface area contributed by atoms with E-state index < -0.39 is 19.8 Å². The van der Waals surface area contributed by atoms with Crippen LogP contribution in [-0.2, 0) is 14.2 Å². The topological polar surface area (TPSA) is 152 Å². The molecule has 0 fully saturated rings. The van der Waals surface area contributed by atoms with Crippen molar-refractivity contribution < 1.29 is 39.0 Å². The van der Waals surface area contributed by atoms with Crippen molar-refractivity contribution >= 4 is 19.8 Å². The lowest BCUT2D eigenvalue weighted by Gasteiger charge is -1.97. The van der Waals surface area contributed by atoms with Crippen LogP contribution in [0.3, 0.4) is 0 Å². The Morgan fingerprint density at radius 1 is 0.722 bits per heavy atom. The molecule has 0 heterocycles. The van der Waals surface area contributed by atoms with Crippen LogP contribution < -0.4 is 0 Å². The molecule has 8 nitrogen and oxygen atoms in total. The zero-order chi connectivity index (χ0) is 14.6. The Labute approximate surface area is 105 Å². The SMILES string of the molecule is O=C(O)CCCCCCCC(=O)O.O=P(O)(O)O. The van der Waals surface area contributed by atoms with Gasteiger partial charge >= 0.3 is 19.8 Å². The number of hydrogen-bond donors (Lipinski definition) is 5. The van der Waals surface area contributed by atoms with Crippen LogP contribution in [0.4, 0.5) is 0 Å². The van der Waals surface area contributed by atoms with Crippen LogP contribution >= 0.6 is 7.82 Å². The van der Waals surface area contributed by atoms with Gasteiger partial charge in [-0.3, -0.25) is 9.59 Å². The lowest BCUT2D eigenvalue weighted by atomic mass is 10.1. The molecular weight excluding hydrogens is 267 g/mol. The molecule has 0 spiro atoms. The van der Waals surface area contributed by atoms with Gasteiger partial charge in [0, 0.05) is 12.8 Å². The lowest BCUT2D eigenvalue weighted by molar-refractivity contribution is -0.138. The number of carboxylic acids is 2. The number of phosphoric acid groups is 1. The van der Waals surface area contributed by atoms with E-state index >= 15 is 0 Å².